The minimum atomic E-state index is -2.98. The zero-order chi connectivity index (χ0) is 33.2. The Kier molecular flexibility index (Phi) is 8.22. The summed E-state index contributed by atoms with van der Waals surface area (Å²) in [7, 11) is 0. The molecule has 1 fully saturated rings. The number of likely N-dealkylation sites (tertiary alicyclic amines) is 1. The number of aromatic nitrogens is 8. The maximum Gasteiger partial charge on any atom is 0.321 e. The summed E-state index contributed by atoms with van der Waals surface area (Å²) in [6.45, 7) is -0.439. The molecule has 0 unspecified atom stereocenters. The topological polar surface area (TPSA) is 169 Å². The smallest absolute Gasteiger partial charge is 0.321 e. The lowest BCUT2D eigenvalue weighted by molar-refractivity contribution is 0.0665. The van der Waals surface area contributed by atoms with Crippen LogP contribution in [0, 0.1) is 11.3 Å². The van der Waals surface area contributed by atoms with Crippen LogP contribution in [0.5, 0.6) is 0 Å². The van der Waals surface area contributed by atoms with E-state index in [-0.39, 0.29) is 17.7 Å². The van der Waals surface area contributed by atoms with Crippen LogP contribution in [0.25, 0.3) is 39.6 Å². The first-order valence-electron chi connectivity index (χ1n) is 15.1. The van der Waals surface area contributed by atoms with Gasteiger partial charge in [0.2, 0.25) is 5.82 Å². The van der Waals surface area contributed by atoms with E-state index < -0.39 is 12.1 Å². The summed E-state index contributed by atoms with van der Waals surface area (Å²) in [6, 6.07) is 18.0. The van der Waals surface area contributed by atoms with Crippen LogP contribution in [0.4, 0.5) is 20.4 Å². The molecule has 7 rings (SSSR count). The highest BCUT2D eigenvalue weighted by Crippen LogP contribution is 2.31. The molecule has 48 heavy (non-hydrogen) atoms. The molecule has 0 aliphatic carbocycles. The number of nitrogens with two attached hydrogens (primary N) is 1. The van der Waals surface area contributed by atoms with E-state index in [1.807, 2.05) is 34.9 Å². The molecule has 0 saturated carbocycles. The summed E-state index contributed by atoms with van der Waals surface area (Å²) < 4.78 is 29.1. The molecule has 6 aromatic rings. The van der Waals surface area contributed by atoms with Crippen LogP contribution in [-0.4, -0.2) is 63.1 Å². The summed E-state index contributed by atoms with van der Waals surface area (Å²) in [5.41, 5.74) is 9.37. The molecule has 240 valence electrons. The maximum absolute atomic E-state index is 13.5. The van der Waals surface area contributed by atoms with E-state index >= 15 is 0 Å². The highest BCUT2D eigenvalue weighted by Gasteiger charge is 2.22. The highest BCUT2D eigenvalue weighted by atomic mass is 19.3. The minimum Gasteiger partial charge on any atom is -0.382 e. The van der Waals surface area contributed by atoms with Gasteiger partial charge in [-0.2, -0.15) is 14.0 Å². The summed E-state index contributed by atoms with van der Waals surface area (Å²) in [6.07, 6.45) is 7.55. The minimum absolute atomic E-state index is 0.144. The Bertz CT molecular complexity index is 2200. The van der Waals surface area contributed by atoms with E-state index in [0.29, 0.717) is 44.3 Å². The highest BCUT2D eigenvalue weighted by molar-refractivity contribution is 5.83. The van der Waals surface area contributed by atoms with E-state index in [1.54, 1.807) is 24.4 Å². The molecule has 0 atom stereocenters. The van der Waals surface area contributed by atoms with Gasteiger partial charge in [0.15, 0.2) is 17.3 Å². The monoisotopic (exact) mass is 646 g/mol. The van der Waals surface area contributed by atoms with Crippen LogP contribution < -0.4 is 16.6 Å². The summed E-state index contributed by atoms with van der Waals surface area (Å²) in [4.78, 5) is 40.7. The summed E-state index contributed by atoms with van der Waals surface area (Å²) >= 11 is 0. The van der Waals surface area contributed by atoms with Crippen molar-refractivity contribution in [2.24, 2.45) is 0 Å². The van der Waals surface area contributed by atoms with Crippen molar-refractivity contribution in [1.82, 2.24) is 43.9 Å². The van der Waals surface area contributed by atoms with Crippen LogP contribution in [0.15, 0.2) is 84.2 Å². The molecule has 0 radical (unpaired) electrons. The molecule has 5 aromatic heterocycles. The fourth-order valence-corrected chi connectivity index (χ4v) is 5.80. The van der Waals surface area contributed by atoms with Gasteiger partial charge in [-0.25, -0.2) is 29.9 Å². The average molecular weight is 647 g/mol. The zero-order valence-corrected chi connectivity index (χ0v) is 25.4. The second-order valence-corrected chi connectivity index (χ2v) is 11.3. The van der Waals surface area contributed by atoms with Gasteiger partial charge < -0.3 is 11.1 Å². The third-order valence-corrected chi connectivity index (χ3v) is 8.18. The third kappa shape index (κ3) is 6.16. The third-order valence-electron chi connectivity index (χ3n) is 8.18. The number of anilines is 2. The Balaban J connectivity index is 1.15. The van der Waals surface area contributed by atoms with Crippen LogP contribution in [0.3, 0.4) is 0 Å². The zero-order valence-electron chi connectivity index (χ0n) is 25.4. The molecule has 13 nitrogen and oxygen atoms in total. The SMILES string of the molecule is N#Cc1nccc(NC2CCN(Cc3ccc(-n4c(-c5nccnc5N)nc5ccc(-c6ccc(=O)n(C(F)F)c6)nc54)cc3)CC2)n1. The average Bonchev–Trinajstić information content (AvgIpc) is 3.48. The first-order valence-corrected chi connectivity index (χ1v) is 15.1. The van der Waals surface area contributed by atoms with Crippen molar-refractivity contribution in [3.63, 3.8) is 0 Å². The Hall–Kier alpha value is -6.14. The lowest BCUT2D eigenvalue weighted by Crippen LogP contribution is -2.38. The number of halogens is 2. The molecule has 1 aliphatic heterocycles. The molecule has 0 spiro atoms. The fraction of sp³-hybridized carbons (Fsp3) is 0.212. The Morgan fingerprint density at radius 3 is 2.48 bits per heavy atom. The largest absolute Gasteiger partial charge is 0.382 e. The number of piperidine rings is 1. The standard InChI is InChI=1S/C33H28F2N12O/c34-33(35)46-19-21(3-8-28(46)48)24-6-7-25-31(42-24)47(32(43-25)29-30(37)40-14-13-39-29)23-4-1-20(2-5-23)18-45-15-10-22(11-16-45)41-26-9-12-38-27(17-36)44-26/h1-9,12-14,19,22,33H,10-11,15-16,18H2,(H2,37,40)(H,38,41,44). The van der Waals surface area contributed by atoms with Gasteiger partial charge >= 0.3 is 6.55 Å². The van der Waals surface area contributed by atoms with Crippen LogP contribution in [-0.2, 0) is 6.54 Å². The van der Waals surface area contributed by atoms with Crippen molar-refractivity contribution in [2.75, 3.05) is 24.1 Å². The van der Waals surface area contributed by atoms with E-state index in [0.717, 1.165) is 56.0 Å². The number of nitrogen functional groups attached to an aromatic ring is 1. The molecule has 0 bridgehead atoms. The van der Waals surface area contributed by atoms with Crippen LogP contribution in [0.1, 0.15) is 30.8 Å². The van der Waals surface area contributed by atoms with Crippen molar-refractivity contribution < 1.29 is 8.78 Å². The fourth-order valence-electron chi connectivity index (χ4n) is 5.80. The normalized spacial score (nSPS) is 14.0. The number of rotatable bonds is 8. The van der Waals surface area contributed by atoms with Gasteiger partial charge in [-0.1, -0.05) is 12.1 Å². The summed E-state index contributed by atoms with van der Waals surface area (Å²) in [5, 5.41) is 12.5. The number of benzene rings is 1. The van der Waals surface area contributed by atoms with Gasteiger partial charge in [0, 0.05) is 67.8 Å². The number of fused-ring (bicyclic) bond motifs is 1. The molecule has 3 N–H and O–H groups in total. The molecule has 1 aromatic carbocycles. The van der Waals surface area contributed by atoms with Gasteiger partial charge in [-0.05, 0) is 54.8 Å². The van der Waals surface area contributed by atoms with Gasteiger partial charge in [-0.15, -0.1) is 0 Å². The number of hydrogen-bond acceptors (Lipinski definition) is 11. The lowest BCUT2D eigenvalue weighted by atomic mass is 10.0. The molecule has 1 aliphatic rings. The van der Waals surface area contributed by atoms with Gasteiger partial charge in [-0.3, -0.25) is 18.8 Å². The van der Waals surface area contributed by atoms with Crippen molar-refractivity contribution in [2.45, 2.75) is 32.0 Å². The first-order chi connectivity index (χ1) is 23.4. The number of pyridine rings is 2. The predicted molar refractivity (Wildman–Crippen MR) is 174 cm³/mol. The van der Waals surface area contributed by atoms with Gasteiger partial charge in [0.25, 0.3) is 5.56 Å². The van der Waals surface area contributed by atoms with E-state index in [4.69, 9.17) is 21.0 Å². The maximum atomic E-state index is 13.5. The van der Waals surface area contributed by atoms with Gasteiger partial charge in [0.1, 0.15) is 23.1 Å². The van der Waals surface area contributed by atoms with Crippen molar-refractivity contribution in [3.05, 3.63) is 101 Å². The molecular weight excluding hydrogens is 618 g/mol. The Morgan fingerprint density at radius 1 is 0.938 bits per heavy atom. The van der Waals surface area contributed by atoms with Crippen molar-refractivity contribution in [3.8, 4) is 34.5 Å². The predicted octanol–water partition coefficient (Wildman–Crippen LogP) is 4.42. The number of nitrogens with zero attached hydrogens (tertiary/aromatic N) is 10. The Labute approximate surface area is 272 Å². The molecule has 1 saturated heterocycles. The molecule has 6 heterocycles. The van der Waals surface area contributed by atoms with Crippen molar-refractivity contribution >= 4 is 22.8 Å². The second kappa shape index (κ2) is 12.9. The molecule has 15 heteroatoms. The van der Waals surface area contributed by atoms with Crippen LogP contribution >= 0.6 is 0 Å². The summed E-state index contributed by atoms with van der Waals surface area (Å²) in [5.74, 6) is 1.42. The van der Waals surface area contributed by atoms with Crippen molar-refractivity contribution in [1.29, 1.82) is 5.26 Å². The second-order valence-electron chi connectivity index (χ2n) is 11.3. The number of nitrogens with one attached hydrogen (secondary N) is 1. The number of nitriles is 1. The number of alkyl halides is 2. The van der Waals surface area contributed by atoms with E-state index in [1.165, 1.54) is 18.5 Å². The first kappa shape index (κ1) is 30.5. The van der Waals surface area contributed by atoms with E-state index in [9.17, 15) is 13.6 Å². The number of hydrogen-bond donors (Lipinski definition) is 2. The number of imidazole rings is 1. The lowest BCUT2D eigenvalue weighted by Gasteiger charge is -2.32. The molecule has 0 amide bonds. The quantitative estimate of drug-likeness (QED) is 0.240. The van der Waals surface area contributed by atoms with Crippen LogP contribution in [0.2, 0.25) is 0 Å². The van der Waals surface area contributed by atoms with Gasteiger partial charge in [0.05, 0.1) is 5.69 Å². The Morgan fingerprint density at radius 2 is 1.73 bits per heavy atom. The van der Waals surface area contributed by atoms with E-state index in [2.05, 4.69) is 30.2 Å². The molecular formula is C33H28F2N12O.